The highest BCUT2D eigenvalue weighted by molar-refractivity contribution is 6.41. The van der Waals surface area contributed by atoms with Crippen molar-refractivity contribution >= 4 is 29.1 Å². The van der Waals surface area contributed by atoms with Crippen LogP contribution in [-0.4, -0.2) is 54.3 Å². The van der Waals surface area contributed by atoms with E-state index in [9.17, 15) is 9.59 Å². The predicted octanol–water partition coefficient (Wildman–Crippen LogP) is 2.06. The van der Waals surface area contributed by atoms with E-state index in [4.69, 9.17) is 11.6 Å². The second kappa shape index (κ2) is 7.11. The Bertz CT molecular complexity index is 558. The maximum atomic E-state index is 12.2. The van der Waals surface area contributed by atoms with Crippen LogP contribution in [-0.2, 0) is 9.59 Å². The van der Waals surface area contributed by atoms with Crippen LogP contribution in [0.5, 0.6) is 0 Å². The highest BCUT2D eigenvalue weighted by Gasteiger charge is 2.26. The Morgan fingerprint density at radius 3 is 2.36 bits per heavy atom. The summed E-state index contributed by atoms with van der Waals surface area (Å²) in [6.07, 6.45) is 0. The Hall–Kier alpha value is -1.59. The van der Waals surface area contributed by atoms with Crippen molar-refractivity contribution in [1.29, 1.82) is 0 Å². The number of piperazine rings is 1. The first-order valence-electron chi connectivity index (χ1n) is 7.51. The maximum absolute atomic E-state index is 12.2. The van der Waals surface area contributed by atoms with Gasteiger partial charge < -0.3 is 15.1 Å². The molecule has 1 N–H and O–H groups in total. The molecule has 1 saturated heterocycles. The van der Waals surface area contributed by atoms with E-state index in [2.05, 4.69) is 17.1 Å². The summed E-state index contributed by atoms with van der Waals surface area (Å²) in [6.45, 7) is 9.63. The minimum atomic E-state index is -0.626. The number of hydrogen-bond acceptors (Lipinski definition) is 3. The summed E-state index contributed by atoms with van der Waals surface area (Å²) in [5.74, 6) is -1.12. The third kappa shape index (κ3) is 3.78. The van der Waals surface area contributed by atoms with Gasteiger partial charge in [-0.15, -0.1) is 0 Å². The predicted molar refractivity (Wildman–Crippen MR) is 88.2 cm³/mol. The van der Waals surface area contributed by atoms with Gasteiger partial charge in [-0.2, -0.15) is 0 Å². The largest absolute Gasteiger partial charge is 0.332 e. The molecule has 1 aliphatic rings. The van der Waals surface area contributed by atoms with Crippen molar-refractivity contribution in [1.82, 2.24) is 9.80 Å². The Balaban J connectivity index is 2.02. The number of amides is 2. The standard InChI is InChI=1S/C16H22ClN3O2/c1-4-19-5-7-20(8-6-19)16(22)15(21)18-14-12(3)9-11(2)10-13(14)17/h9-10H,4-8H2,1-3H3,(H,18,21). The van der Waals surface area contributed by atoms with Gasteiger partial charge in [0.25, 0.3) is 0 Å². The van der Waals surface area contributed by atoms with Gasteiger partial charge in [-0.1, -0.05) is 24.6 Å². The van der Waals surface area contributed by atoms with E-state index in [0.717, 1.165) is 30.8 Å². The van der Waals surface area contributed by atoms with Crippen LogP contribution in [0.15, 0.2) is 12.1 Å². The van der Waals surface area contributed by atoms with Crippen LogP contribution >= 0.6 is 11.6 Å². The van der Waals surface area contributed by atoms with E-state index in [0.29, 0.717) is 23.8 Å². The van der Waals surface area contributed by atoms with E-state index < -0.39 is 11.8 Å². The second-order valence-corrected chi connectivity index (χ2v) is 6.03. The normalized spacial score (nSPS) is 15.7. The fraction of sp³-hybridized carbons (Fsp3) is 0.500. The van der Waals surface area contributed by atoms with Gasteiger partial charge in [-0.25, -0.2) is 0 Å². The molecule has 0 spiro atoms. The van der Waals surface area contributed by atoms with Crippen molar-refractivity contribution in [2.75, 3.05) is 38.0 Å². The van der Waals surface area contributed by atoms with Gasteiger partial charge in [0.2, 0.25) is 0 Å². The van der Waals surface area contributed by atoms with Gasteiger partial charge in [0, 0.05) is 26.2 Å². The number of rotatable bonds is 2. The highest BCUT2D eigenvalue weighted by Crippen LogP contribution is 2.27. The summed E-state index contributed by atoms with van der Waals surface area (Å²) in [5, 5.41) is 3.11. The van der Waals surface area contributed by atoms with Crippen LogP contribution in [0.2, 0.25) is 5.02 Å². The Kier molecular flexibility index (Phi) is 5.42. The molecule has 0 unspecified atom stereocenters. The zero-order valence-electron chi connectivity index (χ0n) is 13.3. The zero-order chi connectivity index (χ0) is 16.3. The van der Waals surface area contributed by atoms with Gasteiger partial charge in [0.1, 0.15) is 0 Å². The van der Waals surface area contributed by atoms with Gasteiger partial charge >= 0.3 is 11.8 Å². The topological polar surface area (TPSA) is 52.7 Å². The lowest BCUT2D eigenvalue weighted by Crippen LogP contribution is -2.51. The van der Waals surface area contributed by atoms with Crippen LogP contribution in [0, 0.1) is 13.8 Å². The molecular weight excluding hydrogens is 302 g/mol. The lowest BCUT2D eigenvalue weighted by molar-refractivity contribution is -0.144. The number of likely N-dealkylation sites (N-methyl/N-ethyl adjacent to an activating group) is 1. The second-order valence-electron chi connectivity index (χ2n) is 5.62. The fourth-order valence-corrected chi connectivity index (χ4v) is 3.02. The summed E-state index contributed by atoms with van der Waals surface area (Å²) in [4.78, 5) is 28.3. The smallest absolute Gasteiger partial charge is 0.313 e. The quantitative estimate of drug-likeness (QED) is 0.848. The summed E-state index contributed by atoms with van der Waals surface area (Å²) in [6, 6.07) is 3.70. The molecule has 1 heterocycles. The Morgan fingerprint density at radius 2 is 1.82 bits per heavy atom. The van der Waals surface area contributed by atoms with Crippen LogP contribution in [0.4, 0.5) is 5.69 Å². The third-order valence-corrected chi connectivity index (χ3v) is 4.27. The number of halogens is 1. The van der Waals surface area contributed by atoms with Crippen molar-refractivity contribution < 1.29 is 9.59 Å². The van der Waals surface area contributed by atoms with E-state index in [1.807, 2.05) is 19.9 Å². The van der Waals surface area contributed by atoms with Crippen molar-refractivity contribution in [2.24, 2.45) is 0 Å². The molecule has 0 saturated carbocycles. The van der Waals surface area contributed by atoms with E-state index in [1.165, 1.54) is 0 Å². The molecule has 1 fully saturated rings. The molecule has 22 heavy (non-hydrogen) atoms. The number of hydrogen-bond donors (Lipinski definition) is 1. The van der Waals surface area contributed by atoms with Crippen LogP contribution < -0.4 is 5.32 Å². The van der Waals surface area contributed by atoms with E-state index >= 15 is 0 Å². The van der Waals surface area contributed by atoms with E-state index in [1.54, 1.807) is 11.0 Å². The molecule has 1 aliphatic heterocycles. The molecular formula is C16H22ClN3O2. The maximum Gasteiger partial charge on any atom is 0.313 e. The number of benzene rings is 1. The molecule has 120 valence electrons. The molecule has 0 aliphatic carbocycles. The molecule has 0 atom stereocenters. The number of nitrogens with one attached hydrogen (secondary N) is 1. The van der Waals surface area contributed by atoms with Crippen molar-refractivity contribution in [2.45, 2.75) is 20.8 Å². The number of carbonyl (C=O) groups excluding carboxylic acids is 2. The SMILES string of the molecule is CCN1CCN(C(=O)C(=O)Nc2c(C)cc(C)cc2Cl)CC1. The molecule has 2 rings (SSSR count). The third-order valence-electron chi connectivity index (χ3n) is 3.97. The Morgan fingerprint density at radius 1 is 1.18 bits per heavy atom. The van der Waals surface area contributed by atoms with Crippen molar-refractivity contribution in [3.8, 4) is 0 Å². The molecule has 6 heteroatoms. The number of carbonyl (C=O) groups is 2. The van der Waals surface area contributed by atoms with Crippen LogP contribution in [0.25, 0.3) is 0 Å². The number of anilines is 1. The van der Waals surface area contributed by atoms with Crippen molar-refractivity contribution in [3.05, 3.63) is 28.3 Å². The summed E-state index contributed by atoms with van der Waals surface area (Å²) in [7, 11) is 0. The van der Waals surface area contributed by atoms with Gasteiger partial charge in [0.05, 0.1) is 10.7 Å². The molecule has 1 aromatic carbocycles. The molecule has 2 amide bonds. The minimum Gasteiger partial charge on any atom is -0.332 e. The highest BCUT2D eigenvalue weighted by atomic mass is 35.5. The first-order chi connectivity index (χ1) is 10.4. The lowest BCUT2D eigenvalue weighted by Gasteiger charge is -2.33. The van der Waals surface area contributed by atoms with Crippen molar-refractivity contribution in [3.63, 3.8) is 0 Å². The Labute approximate surface area is 136 Å². The number of nitrogens with zero attached hydrogens (tertiary/aromatic N) is 2. The summed E-state index contributed by atoms with van der Waals surface area (Å²) < 4.78 is 0. The molecule has 0 bridgehead atoms. The summed E-state index contributed by atoms with van der Waals surface area (Å²) in [5.41, 5.74) is 2.38. The first kappa shape index (κ1) is 16.8. The molecule has 1 aromatic rings. The summed E-state index contributed by atoms with van der Waals surface area (Å²) >= 11 is 6.16. The van der Waals surface area contributed by atoms with Crippen LogP contribution in [0.3, 0.4) is 0 Å². The molecule has 0 radical (unpaired) electrons. The fourth-order valence-electron chi connectivity index (χ4n) is 2.65. The van der Waals surface area contributed by atoms with Gasteiger partial charge in [0.15, 0.2) is 0 Å². The number of aryl methyl sites for hydroxylation is 2. The minimum absolute atomic E-state index is 0.453. The van der Waals surface area contributed by atoms with Crippen LogP contribution in [0.1, 0.15) is 18.1 Å². The molecule has 0 aromatic heterocycles. The lowest BCUT2D eigenvalue weighted by atomic mass is 10.1. The van der Waals surface area contributed by atoms with Gasteiger partial charge in [-0.05, 0) is 37.6 Å². The molecule has 5 nitrogen and oxygen atoms in total. The van der Waals surface area contributed by atoms with Gasteiger partial charge in [-0.3, -0.25) is 9.59 Å². The van der Waals surface area contributed by atoms with E-state index in [-0.39, 0.29) is 0 Å². The monoisotopic (exact) mass is 323 g/mol. The zero-order valence-corrected chi connectivity index (χ0v) is 14.0. The first-order valence-corrected chi connectivity index (χ1v) is 7.89. The average Bonchev–Trinajstić information content (AvgIpc) is 2.50. The average molecular weight is 324 g/mol.